The number of ether oxygens (including phenoxy) is 2. The first-order valence-electron chi connectivity index (χ1n) is 11.0. The minimum Gasteiger partial charge on any atom is -0.468 e. The van der Waals surface area contributed by atoms with E-state index in [9.17, 15) is 9.59 Å². The SMILES string of the molecule is COC(=O)C(CC#C[Si](C)(C)C)(C/C=C(/C)C1(O[Si](C)(C)C(C)(C)C)CC1)C(=O)OC. The van der Waals surface area contributed by atoms with Gasteiger partial charge in [0.15, 0.2) is 13.7 Å². The van der Waals surface area contributed by atoms with Gasteiger partial charge in [0.2, 0.25) is 0 Å². The van der Waals surface area contributed by atoms with Crippen molar-refractivity contribution >= 4 is 28.3 Å². The first kappa shape index (κ1) is 27.7. The molecule has 0 aromatic rings. The van der Waals surface area contributed by atoms with Crippen LogP contribution in [0.2, 0.25) is 37.8 Å². The Kier molecular flexibility index (Phi) is 8.60. The van der Waals surface area contributed by atoms with Crippen LogP contribution in [0.15, 0.2) is 11.6 Å². The molecule has 1 aliphatic rings. The van der Waals surface area contributed by atoms with Gasteiger partial charge in [-0.05, 0) is 49.9 Å². The highest BCUT2D eigenvalue weighted by Crippen LogP contribution is 2.52. The highest BCUT2D eigenvalue weighted by Gasteiger charge is 2.53. The van der Waals surface area contributed by atoms with E-state index in [4.69, 9.17) is 13.9 Å². The third kappa shape index (κ3) is 6.80. The summed E-state index contributed by atoms with van der Waals surface area (Å²) < 4.78 is 16.8. The second-order valence-electron chi connectivity index (χ2n) is 11.2. The van der Waals surface area contributed by atoms with Crippen LogP contribution in [0, 0.1) is 16.9 Å². The summed E-state index contributed by atoms with van der Waals surface area (Å²) in [6.45, 7) is 19.6. The zero-order valence-electron chi connectivity index (χ0n) is 21.4. The molecule has 0 radical (unpaired) electrons. The maximum atomic E-state index is 12.8. The second kappa shape index (κ2) is 9.64. The van der Waals surface area contributed by atoms with Crippen molar-refractivity contribution in [2.75, 3.05) is 14.2 Å². The van der Waals surface area contributed by atoms with E-state index < -0.39 is 33.7 Å². The Morgan fingerprint density at radius 2 is 1.48 bits per heavy atom. The number of rotatable bonds is 8. The van der Waals surface area contributed by atoms with Crippen LogP contribution in [0.5, 0.6) is 0 Å². The second-order valence-corrected chi connectivity index (χ2v) is 20.7. The van der Waals surface area contributed by atoms with E-state index in [0.717, 1.165) is 18.4 Å². The third-order valence-electron chi connectivity index (χ3n) is 6.44. The van der Waals surface area contributed by atoms with E-state index in [-0.39, 0.29) is 23.5 Å². The fraction of sp³-hybridized carbons (Fsp3) is 0.750. The lowest BCUT2D eigenvalue weighted by Gasteiger charge is -2.40. The molecule has 0 spiro atoms. The fourth-order valence-corrected chi connectivity index (χ4v) is 5.43. The molecular formula is C24H42O5Si2. The Labute approximate surface area is 191 Å². The van der Waals surface area contributed by atoms with Crippen molar-refractivity contribution in [2.45, 2.75) is 96.8 Å². The lowest BCUT2D eigenvalue weighted by atomic mass is 9.80. The minimum atomic E-state index is -1.96. The molecular weight excluding hydrogens is 424 g/mol. The average molecular weight is 467 g/mol. The Bertz CT molecular complexity index is 753. The van der Waals surface area contributed by atoms with Gasteiger partial charge in [0.05, 0.1) is 19.8 Å². The van der Waals surface area contributed by atoms with Gasteiger partial charge in [0, 0.05) is 6.42 Å². The van der Waals surface area contributed by atoms with Crippen molar-refractivity contribution in [1.29, 1.82) is 0 Å². The van der Waals surface area contributed by atoms with Gasteiger partial charge in [-0.15, -0.1) is 11.5 Å². The van der Waals surface area contributed by atoms with Crippen LogP contribution >= 0.6 is 0 Å². The van der Waals surface area contributed by atoms with Gasteiger partial charge in [-0.1, -0.05) is 46.5 Å². The fourth-order valence-electron chi connectivity index (χ4n) is 3.16. The van der Waals surface area contributed by atoms with Crippen LogP contribution in [0.3, 0.4) is 0 Å². The Balaban J connectivity index is 3.27. The van der Waals surface area contributed by atoms with E-state index >= 15 is 0 Å². The van der Waals surface area contributed by atoms with Crippen LogP contribution < -0.4 is 0 Å². The Morgan fingerprint density at radius 3 is 1.84 bits per heavy atom. The van der Waals surface area contributed by atoms with Gasteiger partial charge in [-0.3, -0.25) is 9.59 Å². The van der Waals surface area contributed by atoms with Crippen molar-refractivity contribution in [3.63, 3.8) is 0 Å². The number of hydrogen-bond donors (Lipinski definition) is 0. The van der Waals surface area contributed by atoms with Crippen LogP contribution in [0.1, 0.15) is 53.4 Å². The lowest BCUT2D eigenvalue weighted by molar-refractivity contribution is -0.168. The number of hydrogen-bond acceptors (Lipinski definition) is 5. The molecule has 1 aliphatic carbocycles. The summed E-state index contributed by atoms with van der Waals surface area (Å²) >= 11 is 0. The molecule has 31 heavy (non-hydrogen) atoms. The third-order valence-corrected chi connectivity index (χ3v) is 11.9. The maximum Gasteiger partial charge on any atom is 0.324 e. The first-order valence-corrected chi connectivity index (χ1v) is 17.4. The molecule has 0 saturated heterocycles. The van der Waals surface area contributed by atoms with Gasteiger partial charge < -0.3 is 13.9 Å². The molecule has 5 nitrogen and oxygen atoms in total. The number of carbonyl (C=O) groups is 2. The molecule has 1 rings (SSSR count). The van der Waals surface area contributed by atoms with E-state index in [2.05, 4.69) is 65.0 Å². The van der Waals surface area contributed by atoms with Crippen molar-refractivity contribution in [2.24, 2.45) is 5.41 Å². The summed E-state index contributed by atoms with van der Waals surface area (Å²) in [5.74, 6) is 1.87. The molecule has 0 unspecified atom stereocenters. The van der Waals surface area contributed by atoms with Crippen molar-refractivity contribution < 1.29 is 23.5 Å². The maximum absolute atomic E-state index is 12.8. The van der Waals surface area contributed by atoms with Crippen LogP contribution in [-0.4, -0.2) is 48.2 Å². The molecule has 0 aromatic carbocycles. The monoisotopic (exact) mass is 466 g/mol. The van der Waals surface area contributed by atoms with Crippen molar-refractivity contribution in [1.82, 2.24) is 0 Å². The normalized spacial score (nSPS) is 16.8. The van der Waals surface area contributed by atoms with Gasteiger partial charge in [0.25, 0.3) is 0 Å². The van der Waals surface area contributed by atoms with Gasteiger partial charge in [-0.2, -0.15) is 0 Å². The molecule has 7 heteroatoms. The molecule has 0 heterocycles. The summed E-state index contributed by atoms with van der Waals surface area (Å²) in [4.78, 5) is 25.6. The van der Waals surface area contributed by atoms with E-state index in [0.29, 0.717) is 0 Å². The number of allylic oxidation sites excluding steroid dienone is 1. The van der Waals surface area contributed by atoms with Crippen molar-refractivity contribution in [3.8, 4) is 11.5 Å². The number of carbonyl (C=O) groups excluding carboxylic acids is 2. The lowest BCUT2D eigenvalue weighted by Crippen LogP contribution is -2.45. The summed E-state index contributed by atoms with van der Waals surface area (Å²) in [7, 11) is -1.02. The Hall–Kier alpha value is -1.37. The molecule has 0 aliphatic heterocycles. The average Bonchev–Trinajstić information content (AvgIpc) is 3.41. The van der Waals surface area contributed by atoms with Gasteiger partial charge in [0.1, 0.15) is 8.07 Å². The van der Waals surface area contributed by atoms with Gasteiger partial charge in [-0.25, -0.2) is 0 Å². The Morgan fingerprint density at radius 1 is 1.00 bits per heavy atom. The number of esters is 2. The molecule has 1 fully saturated rings. The minimum absolute atomic E-state index is 0.0798. The van der Waals surface area contributed by atoms with E-state index in [1.165, 1.54) is 14.2 Å². The number of methoxy groups -OCH3 is 2. The zero-order valence-corrected chi connectivity index (χ0v) is 23.4. The smallest absolute Gasteiger partial charge is 0.324 e. The topological polar surface area (TPSA) is 61.8 Å². The van der Waals surface area contributed by atoms with E-state index in [1.54, 1.807) is 0 Å². The molecule has 0 atom stereocenters. The van der Waals surface area contributed by atoms with Crippen LogP contribution in [0.4, 0.5) is 0 Å². The molecule has 0 aromatic heterocycles. The summed E-state index contributed by atoms with van der Waals surface area (Å²) in [6.07, 6.45) is 4.14. The molecule has 0 N–H and O–H groups in total. The highest BCUT2D eigenvalue weighted by atomic mass is 28.4. The molecule has 176 valence electrons. The first-order chi connectivity index (χ1) is 14.0. The summed E-state index contributed by atoms with van der Waals surface area (Å²) in [5.41, 5.74) is 2.55. The summed E-state index contributed by atoms with van der Waals surface area (Å²) in [5, 5.41) is 0.108. The highest BCUT2D eigenvalue weighted by molar-refractivity contribution is 6.83. The molecule has 0 amide bonds. The largest absolute Gasteiger partial charge is 0.468 e. The van der Waals surface area contributed by atoms with Crippen molar-refractivity contribution in [3.05, 3.63) is 11.6 Å². The van der Waals surface area contributed by atoms with Crippen LogP contribution in [-0.2, 0) is 23.5 Å². The summed E-state index contributed by atoms with van der Waals surface area (Å²) in [6, 6.07) is 0. The standard InChI is InChI=1S/C24H42O5Si2/c1-19(24(16-17-24)29-31(10,11)22(2,3)4)13-15-23(20(25)27-5,21(26)28-6)14-12-18-30(7,8)9/h13H,14-17H2,1-11H3/b19-13-. The predicted octanol–water partition coefficient (Wildman–Crippen LogP) is 5.48. The predicted molar refractivity (Wildman–Crippen MR) is 131 cm³/mol. The molecule has 0 bridgehead atoms. The zero-order chi connectivity index (χ0) is 24.3. The van der Waals surface area contributed by atoms with Crippen LogP contribution in [0.25, 0.3) is 0 Å². The molecule has 1 saturated carbocycles. The quantitative estimate of drug-likeness (QED) is 0.156. The van der Waals surface area contributed by atoms with Gasteiger partial charge >= 0.3 is 11.9 Å². The van der Waals surface area contributed by atoms with E-state index in [1.807, 2.05) is 13.0 Å².